The van der Waals surface area contributed by atoms with Crippen molar-refractivity contribution in [2.75, 3.05) is 0 Å². The van der Waals surface area contributed by atoms with Gasteiger partial charge >= 0.3 is 0 Å². The number of allylic oxidation sites excluding steroid dienone is 1. The van der Waals surface area contributed by atoms with Gasteiger partial charge in [0.2, 0.25) is 0 Å². The summed E-state index contributed by atoms with van der Waals surface area (Å²) in [6.45, 7) is 8.26. The van der Waals surface area contributed by atoms with E-state index >= 15 is 0 Å². The summed E-state index contributed by atoms with van der Waals surface area (Å²) in [5.74, 6) is 1.39. The van der Waals surface area contributed by atoms with E-state index in [1.165, 1.54) is 24.8 Å². The van der Waals surface area contributed by atoms with E-state index in [0.29, 0.717) is 5.92 Å². The van der Waals surface area contributed by atoms with E-state index in [2.05, 4.69) is 20.4 Å². The first-order valence-corrected chi connectivity index (χ1v) is 5.96. The van der Waals surface area contributed by atoms with Crippen LogP contribution >= 0.6 is 0 Å². The largest absolute Gasteiger partial charge is 0.393 e. The molecule has 0 aromatic rings. The summed E-state index contributed by atoms with van der Waals surface area (Å²) in [6, 6.07) is 0. The maximum absolute atomic E-state index is 9.87. The van der Waals surface area contributed by atoms with Crippen LogP contribution in [0.5, 0.6) is 0 Å². The summed E-state index contributed by atoms with van der Waals surface area (Å²) in [6.07, 6.45) is 6.91. The third-order valence-electron chi connectivity index (χ3n) is 3.57. The minimum Gasteiger partial charge on any atom is -0.393 e. The number of hydrogen-bond donors (Lipinski definition) is 1. The van der Waals surface area contributed by atoms with Crippen LogP contribution in [0.2, 0.25) is 0 Å². The second-order valence-electron chi connectivity index (χ2n) is 4.91. The molecule has 1 nitrogen and oxygen atoms in total. The third-order valence-corrected chi connectivity index (χ3v) is 3.57. The van der Waals surface area contributed by atoms with Crippen LogP contribution in [0, 0.1) is 11.8 Å². The summed E-state index contributed by atoms with van der Waals surface area (Å²) >= 11 is 0. The van der Waals surface area contributed by atoms with Gasteiger partial charge in [-0.25, -0.2) is 0 Å². The van der Waals surface area contributed by atoms with E-state index in [1.807, 2.05) is 0 Å². The predicted molar refractivity (Wildman–Crippen MR) is 61.2 cm³/mol. The van der Waals surface area contributed by atoms with E-state index in [9.17, 15) is 5.11 Å². The maximum atomic E-state index is 9.87. The molecule has 14 heavy (non-hydrogen) atoms. The van der Waals surface area contributed by atoms with Gasteiger partial charge < -0.3 is 5.11 Å². The Kier molecular flexibility index (Phi) is 4.67. The zero-order valence-corrected chi connectivity index (χ0v) is 9.63. The Bertz CT molecular complexity index is 186. The molecule has 1 aliphatic carbocycles. The average Bonchev–Trinajstić information content (AvgIpc) is 2.16. The molecule has 0 aliphatic heterocycles. The molecule has 0 spiro atoms. The molecule has 0 amide bonds. The monoisotopic (exact) mass is 196 g/mol. The van der Waals surface area contributed by atoms with Gasteiger partial charge in [0.05, 0.1) is 6.10 Å². The van der Waals surface area contributed by atoms with Crippen LogP contribution < -0.4 is 0 Å². The van der Waals surface area contributed by atoms with Crippen LogP contribution in [-0.2, 0) is 0 Å². The van der Waals surface area contributed by atoms with Gasteiger partial charge in [-0.1, -0.05) is 18.9 Å². The first-order chi connectivity index (χ1) is 6.63. The summed E-state index contributed by atoms with van der Waals surface area (Å²) in [4.78, 5) is 0. The molecule has 3 unspecified atom stereocenters. The fraction of sp³-hybridized carbons (Fsp3) is 0.846. The lowest BCUT2D eigenvalue weighted by Gasteiger charge is -2.33. The van der Waals surface area contributed by atoms with Gasteiger partial charge in [0.15, 0.2) is 0 Å². The lowest BCUT2D eigenvalue weighted by Crippen LogP contribution is -2.28. The second kappa shape index (κ2) is 5.55. The fourth-order valence-corrected chi connectivity index (χ4v) is 2.46. The summed E-state index contributed by atoms with van der Waals surface area (Å²) < 4.78 is 0. The van der Waals surface area contributed by atoms with Crippen LogP contribution in [0.4, 0.5) is 0 Å². The average molecular weight is 196 g/mol. The molecule has 0 bridgehead atoms. The van der Waals surface area contributed by atoms with Crippen LogP contribution in [0.1, 0.15) is 52.4 Å². The Morgan fingerprint density at radius 2 is 2.14 bits per heavy atom. The van der Waals surface area contributed by atoms with Crippen molar-refractivity contribution in [1.29, 1.82) is 0 Å². The van der Waals surface area contributed by atoms with Crippen molar-refractivity contribution in [3.8, 4) is 0 Å². The molecule has 0 aromatic carbocycles. The Morgan fingerprint density at radius 1 is 1.43 bits per heavy atom. The van der Waals surface area contributed by atoms with Crippen molar-refractivity contribution in [3.63, 3.8) is 0 Å². The predicted octanol–water partition coefficient (Wildman–Crippen LogP) is 3.53. The fourth-order valence-electron chi connectivity index (χ4n) is 2.46. The topological polar surface area (TPSA) is 20.2 Å². The summed E-state index contributed by atoms with van der Waals surface area (Å²) in [5.41, 5.74) is 1.25. The zero-order valence-electron chi connectivity index (χ0n) is 9.63. The molecule has 1 fully saturated rings. The number of aliphatic hydroxyl groups excluding tert-OH is 1. The molecule has 1 N–H and O–H groups in total. The normalized spacial score (nSPS) is 32.9. The maximum Gasteiger partial charge on any atom is 0.0568 e. The van der Waals surface area contributed by atoms with Crippen molar-refractivity contribution < 1.29 is 5.11 Å². The Morgan fingerprint density at radius 3 is 2.71 bits per heavy atom. The van der Waals surface area contributed by atoms with E-state index in [1.54, 1.807) is 0 Å². The van der Waals surface area contributed by atoms with Crippen molar-refractivity contribution in [2.24, 2.45) is 11.8 Å². The molecule has 1 rings (SSSR count). The highest BCUT2D eigenvalue weighted by atomic mass is 16.3. The first kappa shape index (κ1) is 11.8. The van der Waals surface area contributed by atoms with Gasteiger partial charge in [-0.05, 0) is 50.9 Å². The van der Waals surface area contributed by atoms with Gasteiger partial charge in [0, 0.05) is 0 Å². The van der Waals surface area contributed by atoms with Gasteiger partial charge in [0.25, 0.3) is 0 Å². The van der Waals surface area contributed by atoms with Crippen molar-refractivity contribution in [1.82, 2.24) is 0 Å². The standard InChI is InChI=1S/C13H24O/c1-4-11-6-8-13(14)12(9-11)7-5-10(2)3/h11-14H,2,4-9H2,1,3H3. The van der Waals surface area contributed by atoms with Gasteiger partial charge in [-0.2, -0.15) is 0 Å². The highest BCUT2D eigenvalue weighted by molar-refractivity contribution is 4.90. The molecule has 0 heterocycles. The van der Waals surface area contributed by atoms with Gasteiger partial charge in [-0.15, -0.1) is 6.58 Å². The summed E-state index contributed by atoms with van der Waals surface area (Å²) in [7, 11) is 0. The molecule has 1 heteroatoms. The Labute approximate surface area is 88.2 Å². The van der Waals surface area contributed by atoms with Crippen molar-refractivity contribution >= 4 is 0 Å². The number of rotatable bonds is 4. The molecule has 0 aromatic heterocycles. The van der Waals surface area contributed by atoms with Crippen LogP contribution in [0.15, 0.2) is 12.2 Å². The number of aliphatic hydroxyl groups is 1. The van der Waals surface area contributed by atoms with Crippen LogP contribution in [0.3, 0.4) is 0 Å². The van der Waals surface area contributed by atoms with E-state index < -0.39 is 0 Å². The molecule has 0 saturated heterocycles. The molecule has 1 aliphatic rings. The van der Waals surface area contributed by atoms with E-state index in [-0.39, 0.29) is 6.10 Å². The van der Waals surface area contributed by atoms with Crippen LogP contribution in [-0.4, -0.2) is 11.2 Å². The summed E-state index contributed by atoms with van der Waals surface area (Å²) in [5, 5.41) is 9.87. The molecular weight excluding hydrogens is 172 g/mol. The van der Waals surface area contributed by atoms with E-state index in [0.717, 1.165) is 25.2 Å². The number of hydrogen-bond acceptors (Lipinski definition) is 1. The lowest BCUT2D eigenvalue weighted by molar-refractivity contribution is 0.0432. The quantitative estimate of drug-likeness (QED) is 0.682. The Balaban J connectivity index is 2.36. The molecule has 0 radical (unpaired) electrons. The second-order valence-corrected chi connectivity index (χ2v) is 4.91. The van der Waals surface area contributed by atoms with Crippen LogP contribution in [0.25, 0.3) is 0 Å². The lowest BCUT2D eigenvalue weighted by atomic mass is 9.76. The molecular formula is C13H24O. The SMILES string of the molecule is C=C(C)CCC1CC(CC)CCC1O. The minimum absolute atomic E-state index is 0.0443. The highest BCUT2D eigenvalue weighted by Crippen LogP contribution is 2.34. The molecule has 82 valence electrons. The first-order valence-electron chi connectivity index (χ1n) is 5.96. The smallest absolute Gasteiger partial charge is 0.0568 e. The zero-order chi connectivity index (χ0) is 10.6. The van der Waals surface area contributed by atoms with E-state index in [4.69, 9.17) is 0 Å². The third kappa shape index (κ3) is 3.45. The molecule has 1 saturated carbocycles. The molecule has 3 atom stereocenters. The highest BCUT2D eigenvalue weighted by Gasteiger charge is 2.27. The van der Waals surface area contributed by atoms with Gasteiger partial charge in [0.1, 0.15) is 0 Å². The Hall–Kier alpha value is -0.300. The van der Waals surface area contributed by atoms with Crippen molar-refractivity contribution in [2.45, 2.75) is 58.5 Å². The van der Waals surface area contributed by atoms with Crippen molar-refractivity contribution in [3.05, 3.63) is 12.2 Å². The minimum atomic E-state index is -0.0443. The van der Waals surface area contributed by atoms with Gasteiger partial charge in [-0.3, -0.25) is 0 Å².